The summed E-state index contributed by atoms with van der Waals surface area (Å²) in [5.41, 5.74) is 5.03. The highest BCUT2D eigenvalue weighted by atomic mass is 14.9. The molecular formula is C17H22N2. The van der Waals surface area contributed by atoms with Crippen LogP contribution in [-0.4, -0.2) is 13.1 Å². The third-order valence-corrected chi connectivity index (χ3v) is 3.01. The summed E-state index contributed by atoms with van der Waals surface area (Å²) in [4.78, 5) is 0. The van der Waals surface area contributed by atoms with Gasteiger partial charge in [0.25, 0.3) is 0 Å². The van der Waals surface area contributed by atoms with E-state index in [-0.39, 0.29) is 0 Å². The molecule has 0 saturated carbocycles. The van der Waals surface area contributed by atoms with Gasteiger partial charge in [0.05, 0.1) is 0 Å². The zero-order valence-electron chi connectivity index (χ0n) is 11.7. The van der Waals surface area contributed by atoms with E-state index in [9.17, 15) is 0 Å². The van der Waals surface area contributed by atoms with Crippen LogP contribution in [0.5, 0.6) is 0 Å². The van der Waals surface area contributed by atoms with Gasteiger partial charge in [-0.1, -0.05) is 24.3 Å². The molecule has 2 rings (SSSR count). The highest BCUT2D eigenvalue weighted by Crippen LogP contribution is 2.13. The molecule has 19 heavy (non-hydrogen) atoms. The molecule has 0 unspecified atom stereocenters. The predicted molar refractivity (Wildman–Crippen MR) is 84.0 cm³/mol. The molecule has 0 saturated heterocycles. The normalized spacial score (nSPS) is 10.2. The van der Waals surface area contributed by atoms with Gasteiger partial charge in [-0.3, -0.25) is 0 Å². The largest absolute Gasteiger partial charge is 0.385 e. The van der Waals surface area contributed by atoms with Crippen molar-refractivity contribution in [2.24, 2.45) is 0 Å². The second-order valence-corrected chi connectivity index (χ2v) is 4.95. The summed E-state index contributed by atoms with van der Waals surface area (Å²) in [6, 6.07) is 16.9. The van der Waals surface area contributed by atoms with Crippen LogP contribution in [0.1, 0.15) is 17.5 Å². The number of aryl methyl sites for hydroxylation is 2. The summed E-state index contributed by atoms with van der Waals surface area (Å²) >= 11 is 0. The number of nitrogens with one attached hydrogen (secondary N) is 2. The second-order valence-electron chi connectivity index (χ2n) is 4.95. The molecule has 100 valence electrons. The fourth-order valence-electron chi connectivity index (χ4n) is 2.19. The molecule has 0 aromatic heterocycles. The van der Waals surface area contributed by atoms with Gasteiger partial charge in [0.1, 0.15) is 0 Å². The monoisotopic (exact) mass is 254 g/mol. The van der Waals surface area contributed by atoms with Crippen LogP contribution in [0.25, 0.3) is 0 Å². The van der Waals surface area contributed by atoms with Gasteiger partial charge in [0, 0.05) is 24.5 Å². The summed E-state index contributed by atoms with van der Waals surface area (Å²) in [5, 5.41) is 6.89. The van der Waals surface area contributed by atoms with Crippen molar-refractivity contribution in [1.82, 2.24) is 0 Å². The van der Waals surface area contributed by atoms with Crippen molar-refractivity contribution >= 4 is 11.4 Å². The van der Waals surface area contributed by atoms with E-state index in [4.69, 9.17) is 0 Å². The van der Waals surface area contributed by atoms with Crippen molar-refractivity contribution < 1.29 is 0 Å². The fourth-order valence-corrected chi connectivity index (χ4v) is 2.19. The highest BCUT2D eigenvalue weighted by Gasteiger charge is 1.95. The maximum Gasteiger partial charge on any atom is 0.0345 e. The Balaban J connectivity index is 1.69. The number of hydrogen-bond donors (Lipinski definition) is 2. The lowest BCUT2D eigenvalue weighted by Gasteiger charge is -2.09. The zero-order valence-corrected chi connectivity index (χ0v) is 11.7. The lowest BCUT2D eigenvalue weighted by Crippen LogP contribution is -2.09. The van der Waals surface area contributed by atoms with Crippen molar-refractivity contribution in [3.8, 4) is 0 Å². The molecule has 0 spiro atoms. The lowest BCUT2D eigenvalue weighted by molar-refractivity contribution is 0.909. The van der Waals surface area contributed by atoms with Gasteiger partial charge < -0.3 is 10.6 Å². The Morgan fingerprint density at radius 1 is 0.737 bits per heavy atom. The molecule has 2 nitrogen and oxygen atoms in total. The van der Waals surface area contributed by atoms with Crippen molar-refractivity contribution in [2.45, 2.75) is 20.3 Å². The molecule has 0 bridgehead atoms. The van der Waals surface area contributed by atoms with E-state index < -0.39 is 0 Å². The van der Waals surface area contributed by atoms with Crippen molar-refractivity contribution in [3.05, 3.63) is 59.7 Å². The Bertz CT molecular complexity index is 486. The van der Waals surface area contributed by atoms with Crippen molar-refractivity contribution in [3.63, 3.8) is 0 Å². The molecule has 0 heterocycles. The molecule has 0 aliphatic rings. The minimum absolute atomic E-state index is 0.988. The van der Waals surface area contributed by atoms with Gasteiger partial charge in [-0.05, 0) is 55.7 Å². The maximum atomic E-state index is 3.47. The Kier molecular flexibility index (Phi) is 4.85. The average Bonchev–Trinajstić information content (AvgIpc) is 2.38. The van der Waals surface area contributed by atoms with Gasteiger partial charge in [0.2, 0.25) is 0 Å². The van der Waals surface area contributed by atoms with E-state index in [0.29, 0.717) is 0 Å². The van der Waals surface area contributed by atoms with Gasteiger partial charge in [0.15, 0.2) is 0 Å². The Morgan fingerprint density at radius 2 is 1.32 bits per heavy atom. The topological polar surface area (TPSA) is 24.1 Å². The van der Waals surface area contributed by atoms with Crippen molar-refractivity contribution in [1.29, 1.82) is 0 Å². The van der Waals surface area contributed by atoms with Crippen LogP contribution >= 0.6 is 0 Å². The van der Waals surface area contributed by atoms with E-state index in [0.717, 1.165) is 19.5 Å². The Labute approximate surface area is 115 Å². The van der Waals surface area contributed by atoms with E-state index in [1.54, 1.807) is 0 Å². The first-order valence-corrected chi connectivity index (χ1v) is 6.85. The minimum Gasteiger partial charge on any atom is -0.385 e. The fraction of sp³-hybridized carbons (Fsp3) is 0.294. The molecule has 0 fully saturated rings. The van der Waals surface area contributed by atoms with Crippen LogP contribution in [0.3, 0.4) is 0 Å². The minimum atomic E-state index is 0.988. The first-order chi connectivity index (χ1) is 9.24. The van der Waals surface area contributed by atoms with E-state index in [1.165, 1.54) is 22.5 Å². The van der Waals surface area contributed by atoms with Crippen LogP contribution in [0.15, 0.2) is 48.5 Å². The number of rotatable bonds is 6. The van der Waals surface area contributed by atoms with Gasteiger partial charge in [-0.25, -0.2) is 0 Å². The second kappa shape index (κ2) is 6.83. The van der Waals surface area contributed by atoms with Crippen LogP contribution in [-0.2, 0) is 0 Å². The third kappa shape index (κ3) is 4.66. The van der Waals surface area contributed by atoms with E-state index in [2.05, 4.69) is 66.9 Å². The SMILES string of the molecule is Cc1cc(C)cc(NCCCNc2ccccc2)c1. The van der Waals surface area contributed by atoms with Crippen LogP contribution < -0.4 is 10.6 Å². The lowest BCUT2D eigenvalue weighted by atomic mass is 10.1. The molecular weight excluding hydrogens is 232 g/mol. The molecule has 0 aliphatic carbocycles. The number of anilines is 2. The first kappa shape index (κ1) is 13.5. The standard InChI is InChI=1S/C17H22N2/c1-14-11-15(2)13-17(12-14)19-10-6-9-18-16-7-4-3-5-8-16/h3-5,7-8,11-13,18-19H,6,9-10H2,1-2H3. The molecule has 0 aliphatic heterocycles. The number of para-hydroxylation sites is 1. The average molecular weight is 254 g/mol. The van der Waals surface area contributed by atoms with Crippen LogP contribution in [0, 0.1) is 13.8 Å². The van der Waals surface area contributed by atoms with E-state index in [1.807, 2.05) is 6.07 Å². The summed E-state index contributed by atoms with van der Waals surface area (Å²) < 4.78 is 0. The molecule has 0 radical (unpaired) electrons. The molecule has 2 N–H and O–H groups in total. The number of hydrogen-bond acceptors (Lipinski definition) is 2. The van der Waals surface area contributed by atoms with Crippen molar-refractivity contribution in [2.75, 3.05) is 23.7 Å². The van der Waals surface area contributed by atoms with Crippen LogP contribution in [0.2, 0.25) is 0 Å². The summed E-state index contributed by atoms with van der Waals surface area (Å²) in [6.45, 7) is 6.24. The predicted octanol–water partition coefficient (Wildman–Crippen LogP) is 4.22. The smallest absolute Gasteiger partial charge is 0.0345 e. The zero-order chi connectivity index (χ0) is 13.5. The summed E-state index contributed by atoms with van der Waals surface area (Å²) in [6.07, 6.45) is 1.10. The molecule has 2 aromatic rings. The molecule has 0 atom stereocenters. The Morgan fingerprint density at radius 3 is 1.95 bits per heavy atom. The summed E-state index contributed by atoms with van der Waals surface area (Å²) in [5.74, 6) is 0. The first-order valence-electron chi connectivity index (χ1n) is 6.85. The third-order valence-electron chi connectivity index (χ3n) is 3.01. The van der Waals surface area contributed by atoms with Gasteiger partial charge in [-0.15, -0.1) is 0 Å². The quantitative estimate of drug-likeness (QED) is 0.754. The van der Waals surface area contributed by atoms with Gasteiger partial charge >= 0.3 is 0 Å². The highest BCUT2D eigenvalue weighted by molar-refractivity contribution is 5.48. The Hall–Kier alpha value is -1.96. The summed E-state index contributed by atoms with van der Waals surface area (Å²) in [7, 11) is 0. The van der Waals surface area contributed by atoms with Gasteiger partial charge in [-0.2, -0.15) is 0 Å². The maximum absolute atomic E-state index is 3.47. The number of benzene rings is 2. The molecule has 0 amide bonds. The molecule has 2 heteroatoms. The van der Waals surface area contributed by atoms with Crippen LogP contribution in [0.4, 0.5) is 11.4 Å². The van der Waals surface area contributed by atoms with E-state index >= 15 is 0 Å². The molecule has 2 aromatic carbocycles.